The fourth-order valence-corrected chi connectivity index (χ4v) is 6.25. The summed E-state index contributed by atoms with van der Waals surface area (Å²) in [6.07, 6.45) is 1.51. The topological polar surface area (TPSA) is 73.3 Å². The van der Waals surface area contributed by atoms with E-state index in [1.165, 1.54) is 6.07 Å². The molecule has 2 heterocycles. The monoisotopic (exact) mass is 618 g/mol. The van der Waals surface area contributed by atoms with E-state index in [9.17, 15) is 5.11 Å². The van der Waals surface area contributed by atoms with E-state index in [-0.39, 0.29) is 11.9 Å². The highest BCUT2D eigenvalue weighted by Crippen LogP contribution is 2.40. The first-order chi connectivity index (χ1) is 21.1. The highest BCUT2D eigenvalue weighted by molar-refractivity contribution is 6.33. The number of anilines is 1. The predicted octanol–water partition coefficient (Wildman–Crippen LogP) is 7.00. The van der Waals surface area contributed by atoms with E-state index in [1.54, 1.807) is 26.4 Å². The van der Waals surface area contributed by atoms with E-state index in [0.29, 0.717) is 47.7 Å². The first-order valence-electron chi connectivity index (χ1n) is 14.7. The third kappa shape index (κ3) is 6.40. The summed E-state index contributed by atoms with van der Waals surface area (Å²) in [4.78, 5) is 7.01. The maximum Gasteiger partial charge on any atom is 0.164 e. The van der Waals surface area contributed by atoms with Gasteiger partial charge in [-0.05, 0) is 91.4 Å². The number of hydrogen-bond donors (Lipinski definition) is 1. The molecule has 0 radical (unpaired) electrons. The molecule has 0 spiro atoms. The summed E-state index contributed by atoms with van der Waals surface area (Å²) in [7, 11) is 3.28. The molecule has 1 aromatic heterocycles. The zero-order valence-corrected chi connectivity index (χ0v) is 26.0. The molecule has 1 aliphatic carbocycles. The molecule has 0 bridgehead atoms. The first-order valence-corrected chi connectivity index (χ1v) is 15.0. The number of nitrogens with zero attached hydrogens (tertiary/aromatic N) is 2. The minimum atomic E-state index is -0.756. The lowest BCUT2D eigenvalue weighted by molar-refractivity contribution is -0.152. The Balaban J connectivity index is 1.29. The van der Waals surface area contributed by atoms with Gasteiger partial charge in [-0.25, -0.2) is 9.37 Å². The number of benzene rings is 3. The van der Waals surface area contributed by atoms with Crippen molar-refractivity contribution in [2.45, 2.75) is 63.9 Å². The van der Waals surface area contributed by atoms with Crippen LogP contribution < -0.4 is 14.4 Å². The molecule has 3 aromatic carbocycles. The second-order valence-corrected chi connectivity index (χ2v) is 12.2. The van der Waals surface area contributed by atoms with Gasteiger partial charge >= 0.3 is 0 Å². The predicted molar refractivity (Wildman–Crippen MR) is 169 cm³/mol. The highest BCUT2D eigenvalue weighted by atomic mass is 35.5. The molecule has 0 saturated carbocycles. The minimum absolute atomic E-state index is 0.307. The lowest BCUT2D eigenvalue weighted by Crippen LogP contribution is -2.29. The van der Waals surface area contributed by atoms with Crippen LogP contribution in [-0.2, 0) is 29.0 Å². The van der Waals surface area contributed by atoms with Crippen molar-refractivity contribution < 1.29 is 28.4 Å². The van der Waals surface area contributed by atoms with E-state index < -0.39 is 18.0 Å². The molecular formula is C35H36ClFN2O5. The number of ether oxygens (including phenoxy) is 4. The Kier molecular flexibility index (Phi) is 8.53. The van der Waals surface area contributed by atoms with Crippen molar-refractivity contribution in [1.82, 2.24) is 4.98 Å². The molecule has 3 atom stereocenters. The molecule has 2 aliphatic rings. The Morgan fingerprint density at radius 2 is 1.50 bits per heavy atom. The van der Waals surface area contributed by atoms with E-state index in [0.717, 1.165) is 33.8 Å². The molecular weight excluding hydrogens is 583 g/mol. The maximum atomic E-state index is 15.4. The fraction of sp³-hybridized carbons (Fsp3) is 0.343. The summed E-state index contributed by atoms with van der Waals surface area (Å²) < 4.78 is 38.0. The minimum Gasteiger partial charge on any atom is -0.497 e. The van der Waals surface area contributed by atoms with Gasteiger partial charge in [0.25, 0.3) is 0 Å². The Labute approximate surface area is 261 Å². The van der Waals surface area contributed by atoms with Gasteiger partial charge in [0.05, 0.1) is 24.8 Å². The van der Waals surface area contributed by atoms with Crippen LogP contribution in [0.2, 0.25) is 5.02 Å². The first kappa shape index (κ1) is 30.3. The zero-order valence-electron chi connectivity index (χ0n) is 25.2. The van der Waals surface area contributed by atoms with Gasteiger partial charge in [0.1, 0.15) is 41.4 Å². The van der Waals surface area contributed by atoms with Crippen LogP contribution in [0.25, 0.3) is 10.9 Å². The second kappa shape index (κ2) is 12.4. The summed E-state index contributed by atoms with van der Waals surface area (Å²) in [5.41, 5.74) is 4.37. The third-order valence-corrected chi connectivity index (χ3v) is 8.44. The van der Waals surface area contributed by atoms with Gasteiger partial charge in [-0.3, -0.25) is 0 Å². The van der Waals surface area contributed by atoms with E-state index in [2.05, 4.69) is 4.90 Å². The Morgan fingerprint density at radius 1 is 0.886 bits per heavy atom. The van der Waals surface area contributed by atoms with Crippen LogP contribution in [0.5, 0.6) is 11.5 Å². The maximum absolute atomic E-state index is 15.4. The summed E-state index contributed by atoms with van der Waals surface area (Å²) in [6.45, 7) is 4.73. The van der Waals surface area contributed by atoms with Crippen molar-refractivity contribution >= 4 is 28.3 Å². The quantitative estimate of drug-likeness (QED) is 0.192. The van der Waals surface area contributed by atoms with Crippen LogP contribution in [-0.4, -0.2) is 48.4 Å². The number of pyridine rings is 1. The largest absolute Gasteiger partial charge is 0.497 e. The molecule has 1 saturated heterocycles. The summed E-state index contributed by atoms with van der Waals surface area (Å²) >= 11 is 6.81. The number of aliphatic hydroxyl groups excluding tert-OH is 1. The molecule has 0 unspecified atom stereocenters. The SMILES string of the molecule is COc1ccc(CN(Cc2ccc(OC)cc2)c2nc3cc(CCC4=C[C@H](O)[C@@H]5OC(C)(C)O[C@H]45)cc(F)c3cc2Cl)cc1. The zero-order chi connectivity index (χ0) is 31.0. The van der Waals surface area contributed by atoms with Crippen molar-refractivity contribution in [3.8, 4) is 11.5 Å². The lowest BCUT2D eigenvalue weighted by Gasteiger charge is -2.26. The van der Waals surface area contributed by atoms with Crippen LogP contribution in [0, 0.1) is 5.82 Å². The summed E-state index contributed by atoms with van der Waals surface area (Å²) in [5.74, 6) is 0.971. The molecule has 1 fully saturated rings. The standard InChI is InChI=1S/C35H36ClFN2O5/c1-35(2)43-32-24(17-31(40)33(32)44-35)10-5-23-15-29(37)27-18-28(36)34(38-30(27)16-23)39(19-21-6-11-25(41-3)12-7-21)20-22-8-13-26(42-4)14-9-22/h6-9,11-18,31-33,40H,5,10,19-20H2,1-4H3/t31-,32+,33-/m0/s1. The molecule has 44 heavy (non-hydrogen) atoms. The summed E-state index contributed by atoms with van der Waals surface area (Å²) in [6, 6.07) is 20.8. The Hall–Kier alpha value is -3.69. The van der Waals surface area contributed by atoms with Crippen molar-refractivity contribution in [1.29, 1.82) is 0 Å². The van der Waals surface area contributed by atoms with Crippen molar-refractivity contribution in [3.63, 3.8) is 0 Å². The van der Waals surface area contributed by atoms with Gasteiger partial charge in [0.2, 0.25) is 0 Å². The third-order valence-electron chi connectivity index (χ3n) is 8.16. The van der Waals surface area contributed by atoms with Gasteiger partial charge in [-0.15, -0.1) is 0 Å². The number of methoxy groups -OCH3 is 2. The van der Waals surface area contributed by atoms with Crippen LogP contribution in [0.15, 0.2) is 78.4 Å². The normalized spacial score (nSPS) is 20.4. The van der Waals surface area contributed by atoms with Crippen molar-refractivity contribution in [2.75, 3.05) is 19.1 Å². The van der Waals surface area contributed by atoms with Crippen molar-refractivity contribution in [3.05, 3.63) is 106 Å². The Morgan fingerprint density at radius 3 is 2.09 bits per heavy atom. The molecule has 7 nitrogen and oxygen atoms in total. The fourth-order valence-electron chi connectivity index (χ4n) is 5.98. The number of aromatic nitrogens is 1. The molecule has 230 valence electrons. The molecule has 6 rings (SSSR count). The number of fused-ring (bicyclic) bond motifs is 2. The number of aryl methyl sites for hydroxylation is 1. The number of aliphatic hydroxyl groups is 1. The summed E-state index contributed by atoms with van der Waals surface area (Å²) in [5, 5.41) is 11.2. The average molecular weight is 619 g/mol. The molecule has 1 aliphatic heterocycles. The van der Waals surface area contributed by atoms with Crippen molar-refractivity contribution in [2.24, 2.45) is 0 Å². The van der Waals surface area contributed by atoms with Crippen LogP contribution >= 0.6 is 11.6 Å². The van der Waals surface area contributed by atoms with E-state index in [4.69, 9.17) is 35.5 Å². The van der Waals surface area contributed by atoms with Crippen LogP contribution in [0.1, 0.15) is 37.0 Å². The Bertz CT molecular complexity index is 1630. The molecule has 9 heteroatoms. The smallest absolute Gasteiger partial charge is 0.164 e. The average Bonchev–Trinajstić information content (AvgIpc) is 3.48. The number of hydrogen-bond acceptors (Lipinski definition) is 7. The molecule has 4 aromatic rings. The second-order valence-electron chi connectivity index (χ2n) is 11.7. The lowest BCUT2D eigenvalue weighted by atomic mass is 10.0. The molecule has 0 amide bonds. The van der Waals surface area contributed by atoms with Gasteiger partial charge in [-0.1, -0.05) is 41.9 Å². The van der Waals surface area contributed by atoms with Gasteiger partial charge in [0.15, 0.2) is 5.79 Å². The van der Waals surface area contributed by atoms with Gasteiger partial charge < -0.3 is 29.0 Å². The van der Waals surface area contributed by atoms with Gasteiger partial charge in [-0.2, -0.15) is 0 Å². The van der Waals surface area contributed by atoms with E-state index in [1.807, 2.05) is 68.4 Å². The molecule has 1 N–H and O–H groups in total. The van der Waals surface area contributed by atoms with Gasteiger partial charge in [0, 0.05) is 18.5 Å². The number of rotatable bonds is 10. The van der Waals surface area contributed by atoms with Crippen LogP contribution in [0.3, 0.4) is 0 Å². The number of halogens is 2. The van der Waals surface area contributed by atoms with E-state index >= 15 is 4.39 Å². The highest BCUT2D eigenvalue weighted by Gasteiger charge is 2.49. The van der Waals surface area contributed by atoms with Crippen LogP contribution in [0.4, 0.5) is 10.2 Å².